The minimum atomic E-state index is -4.84. The smallest absolute Gasteiger partial charge is 0.437 e. The summed E-state index contributed by atoms with van der Waals surface area (Å²) in [6, 6.07) is 27.1. The van der Waals surface area contributed by atoms with Gasteiger partial charge < -0.3 is 9.15 Å². The second kappa shape index (κ2) is 11.4. The Morgan fingerprint density at radius 3 is 2.16 bits per heavy atom. The number of allylic oxidation sites excluding steroid dienone is 2. The Balaban J connectivity index is 1.44. The molecule has 6 rings (SSSR count). The maximum atomic E-state index is 12.7. The van der Waals surface area contributed by atoms with Gasteiger partial charge >= 0.3 is 26.5 Å². The van der Waals surface area contributed by atoms with Gasteiger partial charge in [0.05, 0.1) is 6.08 Å². The van der Waals surface area contributed by atoms with Crippen LogP contribution in [0.25, 0.3) is 39.4 Å². The van der Waals surface area contributed by atoms with E-state index in [1.807, 2.05) is 73.7 Å². The third-order valence-corrected chi connectivity index (χ3v) is 8.75. The zero-order chi connectivity index (χ0) is 31.1. The molecule has 12 heteroatoms. The highest BCUT2D eigenvalue weighted by Gasteiger charge is 2.36. The molecule has 1 aliphatic heterocycles. The summed E-state index contributed by atoms with van der Waals surface area (Å²) in [5, 5.41) is 0. The second-order valence-electron chi connectivity index (χ2n) is 9.99. The van der Waals surface area contributed by atoms with Crippen molar-refractivity contribution in [2.24, 2.45) is 0 Å². The first-order chi connectivity index (χ1) is 21.1. The van der Waals surface area contributed by atoms with Crippen molar-refractivity contribution in [3.05, 3.63) is 120 Å². The van der Waals surface area contributed by atoms with Gasteiger partial charge in [-0.15, -0.1) is 8.42 Å². The molecule has 0 saturated carbocycles. The molecule has 1 aromatic heterocycles. The highest BCUT2D eigenvalue weighted by molar-refractivity contribution is 7.87. The number of aromatic nitrogens is 1. The van der Waals surface area contributed by atoms with E-state index in [1.165, 1.54) is 18.2 Å². The quantitative estimate of drug-likeness (QED) is 0.152. The molecule has 10 nitrogen and oxygen atoms in total. The standard InChI is InChI=1S/C32H26N2O8S2/c1-2-10-26-25(23-13-7-4-8-14-23)18-20-29-32(26)34(44(38,39)40)31(42-29)16-9-15-30-33(43(35,36)37)27-21-24(17-19-28(27)41-30)22-11-5-3-6-12-22/h3-9,11-21H,2,10H2,1H3,(H-,35,36,37,38,39,40)/p+1. The third kappa shape index (κ3) is 5.51. The molecule has 1 aliphatic rings. The predicted molar refractivity (Wildman–Crippen MR) is 166 cm³/mol. The number of rotatable bonds is 8. The van der Waals surface area contributed by atoms with Crippen LogP contribution in [0.3, 0.4) is 0 Å². The normalized spacial score (nSPS) is 14.4. The van der Waals surface area contributed by atoms with Crippen LogP contribution >= 0.6 is 0 Å². The van der Waals surface area contributed by atoms with E-state index in [1.54, 1.807) is 24.3 Å². The number of hydrogen-bond acceptors (Lipinski definition) is 6. The molecule has 2 heterocycles. The summed E-state index contributed by atoms with van der Waals surface area (Å²) in [6.45, 7) is 1.96. The topological polar surface area (TPSA) is 138 Å². The Bertz CT molecular complexity index is 2160. The molecule has 0 atom stereocenters. The molecule has 0 saturated heterocycles. The number of ether oxygens (including phenoxy) is 1. The van der Waals surface area contributed by atoms with E-state index < -0.39 is 20.6 Å². The Kier molecular flexibility index (Phi) is 7.59. The lowest BCUT2D eigenvalue weighted by Crippen LogP contribution is -2.44. The average molecular weight is 632 g/mol. The zero-order valence-electron chi connectivity index (χ0n) is 23.4. The predicted octanol–water partition coefficient (Wildman–Crippen LogP) is 6.21. The summed E-state index contributed by atoms with van der Waals surface area (Å²) in [6.07, 6.45) is 4.99. The van der Waals surface area contributed by atoms with Crippen molar-refractivity contribution in [1.82, 2.24) is 0 Å². The second-order valence-corrected chi connectivity index (χ2v) is 12.5. The van der Waals surface area contributed by atoms with Crippen LogP contribution in [0.1, 0.15) is 24.8 Å². The number of hydrogen-bond donors (Lipinski definition) is 2. The minimum Gasteiger partial charge on any atom is -0.437 e. The van der Waals surface area contributed by atoms with Gasteiger partial charge in [-0.05, 0) is 63.0 Å². The molecule has 0 fully saturated rings. The van der Waals surface area contributed by atoms with Crippen molar-refractivity contribution in [2.75, 3.05) is 4.31 Å². The summed E-state index contributed by atoms with van der Waals surface area (Å²) in [4.78, 5) is 0. The SMILES string of the molecule is CCCc1c(-c2ccccc2)ccc2oc(C=CC=C3Oc4ccc(-c5ccccc5)cc4N3S(=O)(=O)O)[n+](S(=O)(=O)O)c12. The van der Waals surface area contributed by atoms with Gasteiger partial charge in [0, 0.05) is 11.6 Å². The summed E-state index contributed by atoms with van der Waals surface area (Å²) < 4.78 is 83.6. The van der Waals surface area contributed by atoms with Gasteiger partial charge in [0.25, 0.3) is 5.52 Å². The van der Waals surface area contributed by atoms with Crippen molar-refractivity contribution in [3.63, 3.8) is 0 Å². The van der Waals surface area contributed by atoms with Crippen molar-refractivity contribution in [2.45, 2.75) is 19.8 Å². The van der Waals surface area contributed by atoms with E-state index in [0.29, 0.717) is 32.2 Å². The number of fused-ring (bicyclic) bond motifs is 2. The van der Waals surface area contributed by atoms with E-state index >= 15 is 0 Å². The molecule has 2 N–H and O–H groups in total. The molecule has 4 aromatic carbocycles. The van der Waals surface area contributed by atoms with Crippen LogP contribution in [0.2, 0.25) is 0 Å². The number of benzene rings is 4. The Labute approximate surface area is 254 Å². The van der Waals surface area contributed by atoms with Crippen molar-refractivity contribution >= 4 is 43.5 Å². The largest absolute Gasteiger partial charge is 0.515 e. The molecule has 0 radical (unpaired) electrons. The van der Waals surface area contributed by atoms with Crippen LogP contribution in [0.15, 0.2) is 113 Å². The molecule has 0 unspecified atom stereocenters. The third-order valence-electron chi connectivity index (χ3n) is 7.09. The van der Waals surface area contributed by atoms with Crippen LogP contribution in [-0.4, -0.2) is 25.9 Å². The van der Waals surface area contributed by atoms with Gasteiger partial charge in [-0.3, -0.25) is 4.55 Å². The maximum absolute atomic E-state index is 12.7. The average Bonchev–Trinajstić information content (AvgIpc) is 3.56. The van der Waals surface area contributed by atoms with Gasteiger partial charge in [0.15, 0.2) is 5.75 Å². The number of anilines is 1. The maximum Gasteiger partial charge on any atom is 0.515 e. The Hall–Kier alpha value is -4.75. The van der Waals surface area contributed by atoms with Gasteiger partial charge in [-0.2, -0.15) is 12.7 Å². The van der Waals surface area contributed by atoms with E-state index in [2.05, 4.69) is 0 Å². The van der Waals surface area contributed by atoms with Crippen LogP contribution in [0.4, 0.5) is 5.69 Å². The number of oxazole rings is 1. The fourth-order valence-corrected chi connectivity index (χ4v) is 6.78. The molecule has 0 bridgehead atoms. The summed E-state index contributed by atoms with van der Waals surface area (Å²) in [7, 11) is -9.65. The number of aryl methyl sites for hydroxylation is 1. The monoisotopic (exact) mass is 631 g/mol. The fraction of sp³-hybridized carbons (Fsp3) is 0.0938. The van der Waals surface area contributed by atoms with Gasteiger partial charge in [0.2, 0.25) is 11.5 Å². The van der Waals surface area contributed by atoms with E-state index in [9.17, 15) is 25.9 Å². The van der Waals surface area contributed by atoms with Gasteiger partial charge in [0.1, 0.15) is 5.69 Å². The summed E-state index contributed by atoms with van der Waals surface area (Å²) >= 11 is 0. The fourth-order valence-electron chi connectivity index (χ4n) is 5.30. The van der Waals surface area contributed by atoms with Gasteiger partial charge in [-0.25, -0.2) is 4.55 Å². The number of nitrogens with zero attached hydrogens (tertiary/aromatic N) is 2. The summed E-state index contributed by atoms with van der Waals surface area (Å²) in [5.41, 5.74) is 4.41. The summed E-state index contributed by atoms with van der Waals surface area (Å²) in [5.74, 6) is -0.296. The zero-order valence-corrected chi connectivity index (χ0v) is 25.0. The van der Waals surface area contributed by atoms with Crippen LogP contribution in [0.5, 0.6) is 5.75 Å². The minimum absolute atomic E-state index is 0.0999. The van der Waals surface area contributed by atoms with Crippen molar-refractivity contribution in [3.8, 4) is 28.0 Å². The molecule has 5 aromatic rings. The molecule has 44 heavy (non-hydrogen) atoms. The highest BCUT2D eigenvalue weighted by Crippen LogP contribution is 2.43. The first-order valence-corrected chi connectivity index (χ1v) is 16.4. The molecular weight excluding hydrogens is 604 g/mol. The molecule has 224 valence electrons. The Morgan fingerprint density at radius 2 is 1.52 bits per heavy atom. The van der Waals surface area contributed by atoms with E-state index in [0.717, 1.165) is 16.7 Å². The Morgan fingerprint density at radius 1 is 0.841 bits per heavy atom. The molecular formula is C32H27N2O8S2+. The van der Waals surface area contributed by atoms with Gasteiger partial charge in [-0.1, -0.05) is 80.1 Å². The van der Waals surface area contributed by atoms with Crippen LogP contribution in [0, 0.1) is 0 Å². The first-order valence-electron chi connectivity index (χ1n) is 13.6. The molecule has 0 aliphatic carbocycles. The van der Waals surface area contributed by atoms with E-state index in [-0.39, 0.29) is 34.3 Å². The lowest BCUT2D eigenvalue weighted by molar-refractivity contribution is -0.499. The van der Waals surface area contributed by atoms with Crippen molar-refractivity contribution < 1.29 is 39.1 Å². The van der Waals surface area contributed by atoms with E-state index in [4.69, 9.17) is 9.15 Å². The van der Waals surface area contributed by atoms with Crippen LogP contribution in [-0.2, 0) is 27.0 Å². The molecule has 0 amide bonds. The highest BCUT2D eigenvalue weighted by atomic mass is 32.2. The molecule has 0 spiro atoms. The van der Waals surface area contributed by atoms with Crippen LogP contribution < -0.4 is 13.0 Å². The first kappa shape index (κ1) is 29.3. The lowest BCUT2D eigenvalue weighted by atomic mass is 9.96. The lowest BCUT2D eigenvalue weighted by Gasteiger charge is -2.13. The van der Waals surface area contributed by atoms with Crippen molar-refractivity contribution in [1.29, 1.82) is 0 Å².